The Labute approximate surface area is 351 Å². The van der Waals surface area contributed by atoms with E-state index in [2.05, 4.69) is 121 Å². The third-order valence-corrected chi connectivity index (χ3v) is 14.6. The largest absolute Gasteiger partial charge is 2.00 e. The Morgan fingerprint density at radius 1 is 0.385 bits per heavy atom. The van der Waals surface area contributed by atoms with E-state index in [0.717, 1.165) is 9.79 Å². The molecule has 0 aliphatic rings. The number of benzene rings is 6. The van der Waals surface area contributed by atoms with Crippen molar-refractivity contribution < 1.29 is 21.1 Å². The van der Waals surface area contributed by atoms with Gasteiger partial charge in [-0.05, 0) is 89.9 Å². The van der Waals surface area contributed by atoms with E-state index >= 15 is 0 Å². The standard InChI is InChI=1S/C28H28P2.2C8H10S.CH2Cl2.Pt/c1-5-15-25(16-6-1)29(26-17-7-2-8-18-26)23-13-14-24-30(27-19-9-3-10-20-27)28-21-11-4-12-22-28;2*1-6-4-3-5-7(2)8(6)9;2-1-3;/h1-12,15-22H,13-14,23-24H2;2*3-5,9H,1-2H3;1H2;/q;;;;+2/p-2. The summed E-state index contributed by atoms with van der Waals surface area (Å²) in [7, 11) is -0.566. The summed E-state index contributed by atoms with van der Waals surface area (Å²) in [4.78, 5) is 2.00. The summed E-state index contributed by atoms with van der Waals surface area (Å²) in [5.41, 5.74) is 4.80. The molecule has 0 saturated carbocycles. The van der Waals surface area contributed by atoms with Gasteiger partial charge in [0, 0.05) is 0 Å². The van der Waals surface area contributed by atoms with E-state index in [0.29, 0.717) is 0 Å². The minimum atomic E-state index is -0.283. The Hall–Kier alpha value is -2.11. The zero-order valence-electron chi connectivity index (χ0n) is 30.3. The second kappa shape index (κ2) is 26.6. The molecule has 0 fully saturated rings. The normalized spacial score (nSPS) is 10.1. The van der Waals surface area contributed by atoms with Crippen LogP contribution in [0.1, 0.15) is 35.1 Å². The smallest absolute Gasteiger partial charge is 0.779 e. The monoisotopic (exact) mass is 979 g/mol. The second-order valence-corrected chi connectivity index (χ2v) is 18.2. The number of aryl methyl sites for hydroxylation is 4. The maximum Gasteiger partial charge on any atom is 2.00 e. The van der Waals surface area contributed by atoms with E-state index < -0.39 is 0 Å². The molecule has 0 radical (unpaired) electrons. The zero-order chi connectivity index (χ0) is 36.8. The van der Waals surface area contributed by atoms with Crippen molar-refractivity contribution in [2.24, 2.45) is 0 Å². The zero-order valence-corrected chi connectivity index (χ0v) is 37.5. The van der Waals surface area contributed by atoms with Gasteiger partial charge in [0.2, 0.25) is 0 Å². The molecule has 52 heavy (non-hydrogen) atoms. The van der Waals surface area contributed by atoms with Crippen molar-refractivity contribution >= 4 is 85.5 Å². The summed E-state index contributed by atoms with van der Waals surface area (Å²) in [5.74, 6) is 0. The average molecular weight is 981 g/mol. The summed E-state index contributed by atoms with van der Waals surface area (Å²) in [5, 5.41) is 6.17. The van der Waals surface area contributed by atoms with Crippen molar-refractivity contribution in [1.29, 1.82) is 0 Å². The van der Waals surface area contributed by atoms with Crippen LogP contribution in [0.4, 0.5) is 0 Å². The van der Waals surface area contributed by atoms with E-state index in [1.165, 1.54) is 68.6 Å². The first-order valence-electron chi connectivity index (χ1n) is 17.1. The molecule has 6 rings (SSSR count). The SMILES string of the molecule is Cc1cccc(C)c1[S-].Cc1cccc(C)c1[S-].ClCCl.[Pt+2].c1ccc(P(CCCCP(c2ccccc2)c2ccccc2)c2ccccc2)cc1. The summed E-state index contributed by atoms with van der Waals surface area (Å²) >= 11 is 19.7. The van der Waals surface area contributed by atoms with Gasteiger partial charge in [0.05, 0.1) is 5.34 Å². The fourth-order valence-electron chi connectivity index (χ4n) is 5.38. The van der Waals surface area contributed by atoms with E-state index in [9.17, 15) is 0 Å². The maximum atomic E-state index is 5.09. The Bertz CT molecular complexity index is 1560. The number of hydrogen-bond donors (Lipinski definition) is 0. The molecule has 0 aromatic heterocycles. The molecular formula is C45H48Cl2P2PtS2. The molecule has 0 heterocycles. The van der Waals surface area contributed by atoms with Gasteiger partial charge < -0.3 is 25.3 Å². The van der Waals surface area contributed by atoms with Gasteiger partial charge >= 0.3 is 21.1 Å². The molecule has 0 aliphatic heterocycles. The fraction of sp³-hybridized carbons (Fsp3) is 0.200. The van der Waals surface area contributed by atoms with Gasteiger partial charge in [-0.25, -0.2) is 0 Å². The molecular weight excluding hydrogens is 933 g/mol. The van der Waals surface area contributed by atoms with Crippen LogP contribution in [0.25, 0.3) is 0 Å². The number of alkyl halides is 2. The average Bonchev–Trinajstić information content (AvgIpc) is 3.16. The number of unbranched alkanes of at least 4 members (excludes halogenated alkanes) is 1. The third kappa shape index (κ3) is 16.1. The van der Waals surface area contributed by atoms with Gasteiger partial charge in [-0.1, -0.05) is 180 Å². The molecule has 0 nitrogen and oxygen atoms in total. The molecule has 0 spiro atoms. The molecule has 0 saturated heterocycles. The van der Waals surface area contributed by atoms with E-state index in [-0.39, 0.29) is 42.2 Å². The second-order valence-electron chi connectivity index (χ2n) is 11.9. The molecule has 0 aliphatic carbocycles. The predicted octanol–water partition coefficient (Wildman–Crippen LogP) is 11.9. The first-order valence-corrected chi connectivity index (χ1v) is 22.0. The predicted molar refractivity (Wildman–Crippen MR) is 237 cm³/mol. The van der Waals surface area contributed by atoms with Gasteiger partial charge in [-0.15, -0.1) is 23.2 Å². The van der Waals surface area contributed by atoms with E-state index in [1.807, 2.05) is 64.1 Å². The Balaban J connectivity index is 0.000000346. The van der Waals surface area contributed by atoms with Crippen LogP contribution in [0, 0.1) is 27.7 Å². The Morgan fingerprint density at radius 2 is 0.596 bits per heavy atom. The minimum Gasteiger partial charge on any atom is -0.779 e. The molecule has 0 atom stereocenters. The van der Waals surface area contributed by atoms with Crippen molar-refractivity contribution in [2.75, 3.05) is 17.7 Å². The topological polar surface area (TPSA) is 0 Å². The third-order valence-electron chi connectivity index (χ3n) is 8.10. The van der Waals surface area contributed by atoms with Crippen molar-refractivity contribution in [3.8, 4) is 0 Å². The Kier molecular flexibility index (Phi) is 23.6. The summed E-state index contributed by atoms with van der Waals surface area (Å²) < 4.78 is 0. The molecule has 0 bridgehead atoms. The summed E-state index contributed by atoms with van der Waals surface area (Å²) in [6, 6.07) is 56.6. The van der Waals surface area contributed by atoms with Crippen LogP contribution in [0.15, 0.2) is 168 Å². The van der Waals surface area contributed by atoms with E-state index in [4.69, 9.17) is 48.5 Å². The van der Waals surface area contributed by atoms with Crippen LogP contribution >= 0.6 is 39.0 Å². The molecule has 6 aromatic carbocycles. The van der Waals surface area contributed by atoms with Gasteiger partial charge in [-0.3, -0.25) is 0 Å². The number of halogens is 2. The summed E-state index contributed by atoms with van der Waals surface area (Å²) in [6.07, 6.45) is 5.06. The van der Waals surface area contributed by atoms with Crippen LogP contribution < -0.4 is 21.2 Å². The van der Waals surface area contributed by atoms with Crippen molar-refractivity contribution in [3.63, 3.8) is 0 Å². The molecule has 6 aromatic rings. The molecule has 0 unspecified atom stereocenters. The number of hydrogen-bond acceptors (Lipinski definition) is 2. The molecule has 0 amide bonds. The van der Waals surface area contributed by atoms with Crippen LogP contribution in [0.3, 0.4) is 0 Å². The van der Waals surface area contributed by atoms with Crippen molar-refractivity contribution in [3.05, 3.63) is 180 Å². The van der Waals surface area contributed by atoms with Crippen molar-refractivity contribution in [2.45, 2.75) is 50.3 Å². The number of rotatable bonds is 9. The van der Waals surface area contributed by atoms with Gasteiger partial charge in [0.15, 0.2) is 0 Å². The molecule has 7 heteroatoms. The quantitative estimate of drug-likeness (QED) is 0.0613. The minimum absolute atomic E-state index is 0. The van der Waals surface area contributed by atoms with Crippen LogP contribution in [-0.2, 0) is 46.3 Å². The first-order chi connectivity index (χ1) is 24.8. The Morgan fingerprint density at radius 3 is 0.788 bits per heavy atom. The van der Waals surface area contributed by atoms with Crippen LogP contribution in [0.2, 0.25) is 0 Å². The summed E-state index contributed by atoms with van der Waals surface area (Å²) in [6.45, 7) is 8.15. The van der Waals surface area contributed by atoms with Crippen molar-refractivity contribution in [1.82, 2.24) is 0 Å². The molecule has 0 N–H and O–H groups in total. The fourth-order valence-corrected chi connectivity index (χ4v) is 10.5. The van der Waals surface area contributed by atoms with Crippen LogP contribution in [0.5, 0.6) is 0 Å². The van der Waals surface area contributed by atoms with Gasteiger partial charge in [0.25, 0.3) is 0 Å². The maximum absolute atomic E-state index is 5.09. The molecule has 274 valence electrons. The van der Waals surface area contributed by atoms with Gasteiger partial charge in [0.1, 0.15) is 0 Å². The van der Waals surface area contributed by atoms with E-state index in [1.54, 1.807) is 0 Å². The van der Waals surface area contributed by atoms with Gasteiger partial charge in [-0.2, -0.15) is 9.79 Å². The van der Waals surface area contributed by atoms with Crippen LogP contribution in [-0.4, -0.2) is 17.7 Å². The first kappa shape index (κ1) is 46.0.